The molecule has 50 heavy (non-hydrogen) atoms. The molecule has 0 spiro atoms. The molecule has 4 N–H and O–H groups in total. The number of carboxylic acid groups (broad SMARTS) is 1. The first-order valence-corrected chi connectivity index (χ1v) is 17.7. The number of aliphatic carboxylic acids is 1. The fourth-order valence-corrected chi connectivity index (χ4v) is 7.79. The number of ether oxygens (including phenoxy) is 1. The van der Waals surface area contributed by atoms with Gasteiger partial charge in [-0.25, -0.2) is 31.3 Å². The Labute approximate surface area is 284 Å². The lowest BCUT2D eigenvalue weighted by molar-refractivity contribution is -0.192. The van der Waals surface area contributed by atoms with E-state index in [1.807, 2.05) is 35.1 Å². The standard InChI is InChI=1S/C31H28N4O6S2.C2HF3O2/c1-41-24-13-16-26-27(18-24)33-31(32-26)28(17-20-7-9-23(10-8-20)29-19-30(36)35-43(29,39)40)34-42(37,38)25-14-11-22(12-15-25)21-5-3-2-4-6-21;3-2(4,5)1(6)7/h2-16,18,28-29,34H,17,19H2,1H3,(H,32,33)(H,35,36);(H,6,7)/t28-,29?;/m0./s1. The first-order valence-electron chi connectivity index (χ1n) is 14.7. The molecule has 2 atom stereocenters. The minimum atomic E-state index is -5.08. The second-order valence-electron chi connectivity index (χ2n) is 11.1. The zero-order valence-electron chi connectivity index (χ0n) is 26.0. The summed E-state index contributed by atoms with van der Waals surface area (Å²) in [5, 5.41) is 6.16. The first kappa shape index (κ1) is 36.0. The largest absolute Gasteiger partial charge is 0.497 e. The van der Waals surface area contributed by atoms with E-state index in [9.17, 15) is 34.8 Å². The molecule has 0 saturated carbocycles. The van der Waals surface area contributed by atoms with Gasteiger partial charge in [0, 0.05) is 6.07 Å². The van der Waals surface area contributed by atoms with Crippen LogP contribution in [-0.2, 0) is 36.1 Å². The lowest BCUT2D eigenvalue weighted by Crippen LogP contribution is -2.31. The van der Waals surface area contributed by atoms with Crippen molar-refractivity contribution in [2.75, 3.05) is 7.11 Å². The molecule has 4 aromatic carbocycles. The smallest absolute Gasteiger partial charge is 0.490 e. The van der Waals surface area contributed by atoms with Crippen molar-refractivity contribution in [1.82, 2.24) is 19.4 Å². The molecule has 262 valence electrons. The molecule has 12 nitrogen and oxygen atoms in total. The normalized spacial score (nSPS) is 16.2. The fraction of sp³-hybridized carbons (Fsp3) is 0.182. The molecular weight excluding hydrogens is 702 g/mol. The summed E-state index contributed by atoms with van der Waals surface area (Å²) in [5.41, 5.74) is 4.42. The summed E-state index contributed by atoms with van der Waals surface area (Å²) >= 11 is 0. The van der Waals surface area contributed by atoms with Crippen molar-refractivity contribution in [3.8, 4) is 16.9 Å². The molecule has 1 amide bonds. The van der Waals surface area contributed by atoms with Crippen molar-refractivity contribution in [1.29, 1.82) is 0 Å². The molecule has 1 aliphatic heterocycles. The molecule has 2 heterocycles. The maximum Gasteiger partial charge on any atom is 0.490 e. The van der Waals surface area contributed by atoms with Gasteiger partial charge < -0.3 is 14.8 Å². The summed E-state index contributed by atoms with van der Waals surface area (Å²) in [7, 11) is -6.20. The van der Waals surface area contributed by atoms with Crippen molar-refractivity contribution in [2.45, 2.75) is 35.2 Å². The number of amides is 1. The summed E-state index contributed by atoms with van der Waals surface area (Å²) in [6.07, 6.45) is -5.01. The molecule has 1 unspecified atom stereocenters. The Bertz CT molecular complexity index is 2230. The molecule has 5 aromatic rings. The first-order chi connectivity index (χ1) is 23.6. The maximum atomic E-state index is 13.6. The third-order valence-electron chi connectivity index (χ3n) is 7.64. The van der Waals surface area contributed by atoms with Gasteiger partial charge in [0.25, 0.3) is 0 Å². The third-order valence-corrected chi connectivity index (χ3v) is 10.8. The summed E-state index contributed by atoms with van der Waals surface area (Å²) in [5.74, 6) is -2.26. The van der Waals surface area contributed by atoms with E-state index < -0.39 is 49.4 Å². The van der Waals surface area contributed by atoms with Crippen LogP contribution < -0.4 is 14.2 Å². The van der Waals surface area contributed by atoms with Crippen molar-refractivity contribution in [3.05, 3.63) is 114 Å². The van der Waals surface area contributed by atoms with Crippen molar-refractivity contribution < 1.29 is 49.4 Å². The topological polar surface area (TPSA) is 185 Å². The second kappa shape index (κ2) is 14.3. The van der Waals surface area contributed by atoms with E-state index in [1.54, 1.807) is 73.8 Å². The molecule has 17 heteroatoms. The van der Waals surface area contributed by atoms with Crippen LogP contribution in [0.1, 0.15) is 34.7 Å². The van der Waals surface area contributed by atoms with Crippen molar-refractivity contribution >= 4 is 43.0 Å². The number of aromatic nitrogens is 2. The van der Waals surface area contributed by atoms with E-state index in [1.165, 1.54) is 0 Å². The van der Waals surface area contributed by atoms with Crippen LogP contribution in [0.15, 0.2) is 102 Å². The lowest BCUT2D eigenvalue weighted by Gasteiger charge is -2.18. The SMILES string of the molecule is COc1ccc2nc([C@H](Cc3ccc(C4CC(=O)NS4(=O)=O)cc3)NS(=O)(=O)c3ccc(-c4ccccc4)cc3)[nH]c2c1.O=C(O)C(F)(F)F. The summed E-state index contributed by atoms with van der Waals surface area (Å²) < 4.78 is 93.8. The number of benzene rings is 4. The molecule has 1 fully saturated rings. The van der Waals surface area contributed by atoms with Crippen LogP contribution in [0.4, 0.5) is 13.2 Å². The number of sulfonamides is 2. The minimum absolute atomic E-state index is 0.105. The maximum absolute atomic E-state index is 13.6. The minimum Gasteiger partial charge on any atom is -0.497 e. The molecule has 6 rings (SSSR count). The Balaban J connectivity index is 0.000000630. The monoisotopic (exact) mass is 730 g/mol. The Morgan fingerprint density at radius 3 is 2.18 bits per heavy atom. The number of H-pyrrole nitrogens is 1. The average Bonchev–Trinajstić information content (AvgIpc) is 3.63. The number of imidazole rings is 1. The van der Waals surface area contributed by atoms with E-state index in [0.29, 0.717) is 28.2 Å². The Morgan fingerprint density at radius 2 is 1.62 bits per heavy atom. The third kappa shape index (κ3) is 8.47. The number of carbonyl (C=O) groups is 2. The van der Waals surface area contributed by atoms with Gasteiger partial charge in [0.15, 0.2) is 0 Å². The predicted octanol–water partition coefficient (Wildman–Crippen LogP) is 5.02. The Kier molecular flexibility index (Phi) is 10.3. The van der Waals surface area contributed by atoms with Crippen LogP contribution >= 0.6 is 0 Å². The number of alkyl halides is 3. The van der Waals surface area contributed by atoms with Crippen LogP contribution in [0.25, 0.3) is 22.2 Å². The zero-order valence-corrected chi connectivity index (χ0v) is 27.6. The van der Waals surface area contributed by atoms with Crippen molar-refractivity contribution in [2.24, 2.45) is 0 Å². The highest BCUT2D eigenvalue weighted by Crippen LogP contribution is 2.31. The predicted molar refractivity (Wildman–Crippen MR) is 176 cm³/mol. The second-order valence-corrected chi connectivity index (χ2v) is 14.7. The molecule has 0 bridgehead atoms. The molecule has 0 aliphatic carbocycles. The van der Waals surface area contributed by atoms with Crippen LogP contribution in [0, 0.1) is 0 Å². The van der Waals surface area contributed by atoms with Gasteiger partial charge >= 0.3 is 12.1 Å². The van der Waals surface area contributed by atoms with E-state index in [-0.39, 0.29) is 17.7 Å². The zero-order chi connectivity index (χ0) is 36.3. The number of aromatic amines is 1. The van der Waals surface area contributed by atoms with Gasteiger partial charge in [-0.3, -0.25) is 9.52 Å². The van der Waals surface area contributed by atoms with E-state index in [0.717, 1.165) is 16.7 Å². The number of hydrogen-bond acceptors (Lipinski definition) is 8. The highest BCUT2D eigenvalue weighted by atomic mass is 32.2. The molecular formula is C33H29F3N4O8S2. The van der Waals surface area contributed by atoms with Crippen molar-refractivity contribution in [3.63, 3.8) is 0 Å². The number of carboxylic acids is 1. The van der Waals surface area contributed by atoms with Gasteiger partial charge in [-0.15, -0.1) is 0 Å². The van der Waals surface area contributed by atoms with Crippen LogP contribution in [0.5, 0.6) is 5.75 Å². The molecule has 1 aliphatic rings. The van der Waals surface area contributed by atoms with E-state index in [4.69, 9.17) is 14.6 Å². The lowest BCUT2D eigenvalue weighted by atomic mass is 10.0. The summed E-state index contributed by atoms with van der Waals surface area (Å²) in [6, 6.07) is 27.6. The highest BCUT2D eigenvalue weighted by molar-refractivity contribution is 7.90. The van der Waals surface area contributed by atoms with Gasteiger partial charge in [-0.05, 0) is 52.9 Å². The van der Waals surface area contributed by atoms with Crippen LogP contribution in [0.2, 0.25) is 0 Å². The number of nitrogens with one attached hydrogen (secondary N) is 3. The fourth-order valence-electron chi connectivity index (χ4n) is 5.16. The van der Waals surface area contributed by atoms with Gasteiger partial charge in [-0.2, -0.15) is 13.2 Å². The quantitative estimate of drug-likeness (QED) is 0.162. The number of nitrogens with zero attached hydrogens (tertiary/aromatic N) is 1. The molecule has 1 saturated heterocycles. The summed E-state index contributed by atoms with van der Waals surface area (Å²) in [4.78, 5) is 28.6. The highest BCUT2D eigenvalue weighted by Gasteiger charge is 2.39. The number of rotatable bonds is 9. The Hall–Kier alpha value is -5.26. The Morgan fingerprint density at radius 1 is 1.00 bits per heavy atom. The van der Waals surface area contributed by atoms with Gasteiger partial charge in [0.05, 0.1) is 35.5 Å². The van der Waals surface area contributed by atoms with Gasteiger partial charge in [-0.1, -0.05) is 66.7 Å². The van der Waals surface area contributed by atoms with E-state index >= 15 is 0 Å². The van der Waals surface area contributed by atoms with Gasteiger partial charge in [0.1, 0.15) is 16.8 Å². The summed E-state index contributed by atoms with van der Waals surface area (Å²) in [6.45, 7) is 0. The van der Waals surface area contributed by atoms with Gasteiger partial charge in [0.2, 0.25) is 26.0 Å². The number of fused-ring (bicyclic) bond motifs is 1. The van der Waals surface area contributed by atoms with Crippen LogP contribution in [0.3, 0.4) is 0 Å². The molecule has 1 aromatic heterocycles. The number of methoxy groups -OCH3 is 1. The number of halogens is 3. The van der Waals surface area contributed by atoms with E-state index in [2.05, 4.69) is 14.7 Å². The van der Waals surface area contributed by atoms with Crippen LogP contribution in [-0.4, -0.2) is 57.1 Å². The molecule has 0 radical (unpaired) electrons. The average molecular weight is 731 g/mol. The number of carbonyl (C=O) groups excluding carboxylic acids is 1. The number of hydrogen-bond donors (Lipinski definition) is 4.